The molecule has 0 saturated carbocycles. The monoisotopic (exact) mass is 279 g/mol. The van der Waals surface area contributed by atoms with E-state index in [2.05, 4.69) is 5.32 Å². The van der Waals surface area contributed by atoms with Crippen LogP contribution in [0.4, 0.5) is 0 Å². The minimum Gasteiger partial charge on any atom is -0.496 e. The van der Waals surface area contributed by atoms with Gasteiger partial charge in [-0.15, -0.1) is 0 Å². The third-order valence-corrected chi connectivity index (χ3v) is 3.81. The van der Waals surface area contributed by atoms with Crippen molar-refractivity contribution >= 4 is 5.91 Å². The van der Waals surface area contributed by atoms with Gasteiger partial charge in [0.05, 0.1) is 18.8 Å². The number of aliphatic hydroxyl groups is 1. The molecule has 1 aliphatic heterocycles. The van der Waals surface area contributed by atoms with Crippen molar-refractivity contribution in [3.63, 3.8) is 0 Å². The number of carbonyl (C=O) groups is 1. The zero-order chi connectivity index (χ0) is 14.8. The first kappa shape index (κ1) is 14.8. The molecule has 0 aliphatic carbocycles. The predicted octanol–water partition coefficient (Wildman–Crippen LogP) is 1.27. The van der Waals surface area contributed by atoms with Crippen LogP contribution in [0, 0.1) is 6.92 Å². The number of carbonyl (C=O) groups excluding carboxylic acids is 1. The molecule has 0 radical (unpaired) electrons. The summed E-state index contributed by atoms with van der Waals surface area (Å²) < 4.78 is 10.5. The number of benzene rings is 1. The Hall–Kier alpha value is -1.59. The molecule has 2 unspecified atom stereocenters. The normalized spacial score (nSPS) is 25.5. The zero-order valence-corrected chi connectivity index (χ0v) is 12.1. The van der Waals surface area contributed by atoms with Gasteiger partial charge in [0.2, 0.25) is 0 Å². The van der Waals surface area contributed by atoms with Gasteiger partial charge in [0.25, 0.3) is 5.91 Å². The summed E-state index contributed by atoms with van der Waals surface area (Å²) in [4.78, 5) is 12.2. The second kappa shape index (κ2) is 5.81. The summed E-state index contributed by atoms with van der Waals surface area (Å²) in [7, 11) is 1.53. The number of amides is 1. The van der Waals surface area contributed by atoms with Crippen molar-refractivity contribution in [1.82, 2.24) is 5.32 Å². The maximum Gasteiger partial charge on any atom is 0.255 e. The minimum atomic E-state index is -0.993. The highest BCUT2D eigenvalue weighted by atomic mass is 16.5. The van der Waals surface area contributed by atoms with Crippen LogP contribution in [0.3, 0.4) is 0 Å². The Balaban J connectivity index is 2.07. The highest BCUT2D eigenvalue weighted by Gasteiger charge is 2.39. The van der Waals surface area contributed by atoms with Crippen LogP contribution in [0.1, 0.15) is 29.3 Å². The number of ether oxygens (including phenoxy) is 2. The molecular formula is C15H21NO4. The molecule has 5 nitrogen and oxygen atoms in total. The van der Waals surface area contributed by atoms with E-state index in [1.807, 2.05) is 19.9 Å². The fourth-order valence-electron chi connectivity index (χ4n) is 2.33. The number of methoxy groups -OCH3 is 1. The van der Waals surface area contributed by atoms with Crippen LogP contribution >= 0.6 is 0 Å². The van der Waals surface area contributed by atoms with Crippen LogP contribution in [-0.4, -0.2) is 43.0 Å². The lowest BCUT2D eigenvalue weighted by atomic mass is 9.96. The van der Waals surface area contributed by atoms with E-state index in [-0.39, 0.29) is 18.6 Å². The Morgan fingerprint density at radius 1 is 1.60 bits per heavy atom. The molecule has 1 amide bonds. The van der Waals surface area contributed by atoms with Crippen LogP contribution in [0.25, 0.3) is 0 Å². The lowest BCUT2D eigenvalue weighted by molar-refractivity contribution is -0.0251. The molecule has 1 aromatic rings. The maximum atomic E-state index is 12.2. The highest BCUT2D eigenvalue weighted by molar-refractivity contribution is 5.97. The van der Waals surface area contributed by atoms with Gasteiger partial charge in [0.15, 0.2) is 0 Å². The van der Waals surface area contributed by atoms with E-state index < -0.39 is 5.60 Å². The molecule has 2 rings (SSSR count). The fourth-order valence-corrected chi connectivity index (χ4v) is 2.33. The first-order valence-corrected chi connectivity index (χ1v) is 6.73. The van der Waals surface area contributed by atoms with Gasteiger partial charge >= 0.3 is 0 Å². The van der Waals surface area contributed by atoms with Crippen LogP contribution in [-0.2, 0) is 4.74 Å². The topological polar surface area (TPSA) is 67.8 Å². The van der Waals surface area contributed by atoms with Crippen molar-refractivity contribution < 1.29 is 19.4 Å². The third kappa shape index (κ3) is 2.94. The highest BCUT2D eigenvalue weighted by Crippen LogP contribution is 2.25. The maximum absolute atomic E-state index is 12.2. The van der Waals surface area contributed by atoms with Crippen LogP contribution < -0.4 is 10.1 Å². The Morgan fingerprint density at radius 2 is 2.35 bits per heavy atom. The van der Waals surface area contributed by atoms with Crippen LogP contribution in [0.15, 0.2) is 18.2 Å². The molecule has 1 fully saturated rings. The van der Waals surface area contributed by atoms with Crippen LogP contribution in [0.5, 0.6) is 5.75 Å². The number of nitrogens with one attached hydrogen (secondary N) is 1. The molecule has 0 spiro atoms. The van der Waals surface area contributed by atoms with Crippen molar-refractivity contribution in [2.45, 2.75) is 32.0 Å². The summed E-state index contributed by atoms with van der Waals surface area (Å²) in [5.74, 6) is 0.272. The van der Waals surface area contributed by atoms with E-state index in [4.69, 9.17) is 9.47 Å². The number of aryl methyl sites for hydroxylation is 1. The van der Waals surface area contributed by atoms with E-state index in [1.165, 1.54) is 7.11 Å². The van der Waals surface area contributed by atoms with Gasteiger partial charge in [-0.2, -0.15) is 0 Å². The molecule has 20 heavy (non-hydrogen) atoms. The quantitative estimate of drug-likeness (QED) is 0.871. The molecule has 2 atom stereocenters. The summed E-state index contributed by atoms with van der Waals surface area (Å²) in [6, 6.07) is 5.42. The lowest BCUT2D eigenvalue weighted by Crippen LogP contribution is -2.47. The van der Waals surface area contributed by atoms with E-state index in [0.717, 1.165) is 5.56 Å². The van der Waals surface area contributed by atoms with Gasteiger partial charge in [0.1, 0.15) is 11.4 Å². The molecule has 5 heteroatoms. The predicted molar refractivity (Wildman–Crippen MR) is 75.0 cm³/mol. The lowest BCUT2D eigenvalue weighted by Gasteiger charge is -2.26. The number of rotatable bonds is 4. The molecule has 1 aromatic carbocycles. The van der Waals surface area contributed by atoms with Crippen molar-refractivity contribution in [3.05, 3.63) is 29.3 Å². The van der Waals surface area contributed by atoms with E-state index in [9.17, 15) is 9.90 Å². The van der Waals surface area contributed by atoms with Gasteiger partial charge in [0, 0.05) is 19.6 Å². The van der Waals surface area contributed by atoms with E-state index in [0.29, 0.717) is 24.3 Å². The van der Waals surface area contributed by atoms with Gasteiger partial charge in [-0.25, -0.2) is 0 Å². The summed E-state index contributed by atoms with van der Waals surface area (Å²) in [5.41, 5.74) is 0.460. The van der Waals surface area contributed by atoms with Crippen molar-refractivity contribution in [2.24, 2.45) is 0 Å². The Kier molecular flexibility index (Phi) is 4.30. The standard InChI is InChI=1S/C15H21NO4/c1-10-4-5-13(19-3)12(8-10)14(17)16-9-15(18)6-7-20-11(15)2/h4-5,8,11,18H,6-7,9H2,1-3H3,(H,16,17). The van der Waals surface area contributed by atoms with Gasteiger partial charge in [-0.05, 0) is 26.0 Å². The summed E-state index contributed by atoms with van der Waals surface area (Å²) >= 11 is 0. The molecule has 1 aliphatic rings. The average Bonchev–Trinajstić information content (AvgIpc) is 2.76. The molecule has 1 saturated heterocycles. The largest absolute Gasteiger partial charge is 0.496 e. The smallest absolute Gasteiger partial charge is 0.255 e. The van der Waals surface area contributed by atoms with Crippen LogP contribution in [0.2, 0.25) is 0 Å². The van der Waals surface area contributed by atoms with Gasteiger partial charge < -0.3 is 19.9 Å². The van der Waals surface area contributed by atoms with Gasteiger partial charge in [-0.3, -0.25) is 4.79 Å². The molecular weight excluding hydrogens is 258 g/mol. The number of hydrogen-bond acceptors (Lipinski definition) is 4. The van der Waals surface area contributed by atoms with Crippen molar-refractivity contribution in [1.29, 1.82) is 0 Å². The molecule has 1 heterocycles. The second-order valence-electron chi connectivity index (χ2n) is 5.25. The number of hydrogen-bond donors (Lipinski definition) is 2. The van der Waals surface area contributed by atoms with E-state index >= 15 is 0 Å². The first-order chi connectivity index (χ1) is 9.46. The van der Waals surface area contributed by atoms with Crippen molar-refractivity contribution in [2.75, 3.05) is 20.3 Å². The fraction of sp³-hybridized carbons (Fsp3) is 0.533. The average molecular weight is 279 g/mol. The summed E-state index contributed by atoms with van der Waals surface area (Å²) in [5, 5.41) is 13.1. The summed E-state index contributed by atoms with van der Waals surface area (Å²) in [6.45, 7) is 4.41. The first-order valence-electron chi connectivity index (χ1n) is 6.73. The van der Waals surface area contributed by atoms with Gasteiger partial charge in [-0.1, -0.05) is 11.6 Å². The minimum absolute atomic E-state index is 0.171. The Labute approximate surface area is 118 Å². The summed E-state index contributed by atoms with van der Waals surface area (Å²) in [6.07, 6.45) is 0.251. The third-order valence-electron chi connectivity index (χ3n) is 3.81. The molecule has 0 aromatic heterocycles. The molecule has 110 valence electrons. The zero-order valence-electron chi connectivity index (χ0n) is 12.1. The second-order valence-corrected chi connectivity index (χ2v) is 5.25. The van der Waals surface area contributed by atoms with Crippen molar-refractivity contribution in [3.8, 4) is 5.75 Å². The SMILES string of the molecule is COc1ccc(C)cc1C(=O)NCC1(O)CCOC1C. The Bertz CT molecular complexity index is 503. The molecule has 0 bridgehead atoms. The Morgan fingerprint density at radius 3 is 2.95 bits per heavy atom. The van der Waals surface area contributed by atoms with E-state index in [1.54, 1.807) is 12.1 Å². The molecule has 2 N–H and O–H groups in total.